The van der Waals surface area contributed by atoms with Gasteiger partial charge in [0.2, 0.25) is 0 Å². The van der Waals surface area contributed by atoms with Crippen LogP contribution in [0.2, 0.25) is 0 Å². The van der Waals surface area contributed by atoms with Crippen LogP contribution in [0.15, 0.2) is 24.3 Å². The van der Waals surface area contributed by atoms with Gasteiger partial charge in [-0.05, 0) is 20.8 Å². The molecule has 10 nitrogen and oxygen atoms in total. The molecular formula is C23H33BKNO9. The molecule has 1 aromatic rings. The van der Waals surface area contributed by atoms with E-state index in [2.05, 4.69) is 0 Å². The fourth-order valence-corrected chi connectivity index (χ4v) is 3.81. The van der Waals surface area contributed by atoms with Crippen molar-refractivity contribution in [3.63, 3.8) is 0 Å². The number of hydrogen-bond donors (Lipinski definition) is 1. The number of hydrogen-bond acceptors (Lipinski definition) is 9. The van der Waals surface area contributed by atoms with Crippen LogP contribution in [0.3, 0.4) is 0 Å². The van der Waals surface area contributed by atoms with Crippen molar-refractivity contribution in [2.75, 3.05) is 26.9 Å². The maximum atomic E-state index is 12.7. The standard InChI is InChI=1S/C23H33BNO9.K/c1-22(2,3)34-21(28)25-12-17(11-18(25)20(27)30-6)33-19(26)15-7-9-16(10-8-15)24(29)31-13-23(4,5)14-32-24;/h7-10,17-18,29H,11-14H2,1-6H3;/q-1;+1/t17-,18+;/m1./s1. The summed E-state index contributed by atoms with van der Waals surface area (Å²) in [5.41, 5.74) is -0.297. The summed E-state index contributed by atoms with van der Waals surface area (Å²) in [6.45, 7) is 7.15. The molecule has 0 unspecified atom stereocenters. The van der Waals surface area contributed by atoms with Gasteiger partial charge >= 0.3 is 76.2 Å². The quantitative estimate of drug-likeness (QED) is 0.292. The van der Waals surface area contributed by atoms with Gasteiger partial charge in [0.25, 0.3) is 0 Å². The average Bonchev–Trinajstić information content (AvgIpc) is 3.18. The van der Waals surface area contributed by atoms with E-state index < -0.39 is 42.5 Å². The van der Waals surface area contributed by atoms with Crippen LogP contribution in [0.4, 0.5) is 4.79 Å². The average molecular weight is 517 g/mol. The van der Waals surface area contributed by atoms with Crippen molar-refractivity contribution in [2.24, 2.45) is 5.41 Å². The maximum absolute atomic E-state index is 12.7. The summed E-state index contributed by atoms with van der Waals surface area (Å²) in [5.74, 6) is -1.24. The Morgan fingerprint density at radius 1 is 1.11 bits per heavy atom. The van der Waals surface area contributed by atoms with E-state index >= 15 is 0 Å². The summed E-state index contributed by atoms with van der Waals surface area (Å²) in [6.07, 6.45) is -1.31. The molecule has 2 aliphatic heterocycles. The molecule has 0 radical (unpaired) electrons. The van der Waals surface area contributed by atoms with Crippen LogP contribution in [0, 0.1) is 5.41 Å². The summed E-state index contributed by atoms with van der Waals surface area (Å²) in [5, 5.41) is 10.7. The van der Waals surface area contributed by atoms with E-state index in [0.717, 1.165) is 0 Å². The molecule has 2 fully saturated rings. The molecule has 2 atom stereocenters. The fraction of sp³-hybridized carbons (Fsp3) is 0.609. The number of esters is 2. The van der Waals surface area contributed by atoms with Crippen LogP contribution in [0.25, 0.3) is 0 Å². The molecule has 2 aliphatic rings. The summed E-state index contributed by atoms with van der Waals surface area (Å²) in [7, 11) is 1.23. The number of rotatable bonds is 4. The Hall–Kier alpha value is -0.989. The van der Waals surface area contributed by atoms with Crippen LogP contribution < -0.4 is 56.8 Å². The van der Waals surface area contributed by atoms with E-state index in [0.29, 0.717) is 18.7 Å². The number of benzene rings is 1. The minimum atomic E-state index is -2.62. The van der Waals surface area contributed by atoms with Gasteiger partial charge in [-0.2, -0.15) is 0 Å². The molecule has 2 saturated heterocycles. The molecule has 0 spiro atoms. The second kappa shape index (κ2) is 11.6. The third-order valence-corrected chi connectivity index (χ3v) is 5.61. The van der Waals surface area contributed by atoms with Crippen LogP contribution in [0.1, 0.15) is 51.4 Å². The van der Waals surface area contributed by atoms with E-state index in [-0.39, 0.29) is 75.3 Å². The minimum absolute atomic E-state index is 0. The zero-order valence-electron chi connectivity index (χ0n) is 21.5. The zero-order valence-corrected chi connectivity index (χ0v) is 24.7. The first-order chi connectivity index (χ1) is 15.7. The van der Waals surface area contributed by atoms with Crippen molar-refractivity contribution in [1.82, 2.24) is 4.90 Å². The Bertz CT molecular complexity index is 922. The van der Waals surface area contributed by atoms with Crippen molar-refractivity contribution in [3.05, 3.63) is 29.8 Å². The van der Waals surface area contributed by atoms with E-state index in [1.165, 1.54) is 24.1 Å². The predicted octanol–water partition coefficient (Wildman–Crippen LogP) is -1.39. The molecule has 1 amide bonds. The summed E-state index contributed by atoms with van der Waals surface area (Å²) < 4.78 is 26.9. The second-order valence-corrected chi connectivity index (χ2v) is 10.5. The van der Waals surface area contributed by atoms with Crippen molar-refractivity contribution >= 4 is 30.2 Å². The minimum Gasteiger partial charge on any atom is -0.555 e. The molecule has 12 heteroatoms. The Kier molecular flexibility index (Phi) is 10.0. The maximum Gasteiger partial charge on any atom is 1.00 e. The SMILES string of the molecule is COC(=O)[C@@H]1C[C@@H](OC(=O)c2ccc([B-]3(O)OCC(C)(C)CO3)cc2)CN1C(=O)OC(C)(C)C.[K+]. The summed E-state index contributed by atoms with van der Waals surface area (Å²) in [6, 6.07) is 5.19. The first-order valence-corrected chi connectivity index (χ1v) is 11.3. The second-order valence-electron chi connectivity index (χ2n) is 10.5. The van der Waals surface area contributed by atoms with E-state index in [1.54, 1.807) is 32.9 Å². The van der Waals surface area contributed by atoms with Crippen molar-refractivity contribution in [1.29, 1.82) is 0 Å². The molecule has 188 valence electrons. The third-order valence-electron chi connectivity index (χ3n) is 5.61. The molecule has 0 saturated carbocycles. The predicted molar refractivity (Wildman–Crippen MR) is 122 cm³/mol. The van der Waals surface area contributed by atoms with Gasteiger partial charge in [-0.1, -0.05) is 38.1 Å². The molecule has 1 N–H and O–H groups in total. The van der Waals surface area contributed by atoms with Gasteiger partial charge in [0.05, 0.1) is 19.2 Å². The molecule has 2 heterocycles. The van der Waals surface area contributed by atoms with Crippen molar-refractivity contribution in [2.45, 2.75) is 58.8 Å². The van der Waals surface area contributed by atoms with Crippen LogP contribution in [-0.4, -0.2) is 79.3 Å². The van der Waals surface area contributed by atoms with Crippen LogP contribution in [-0.2, 0) is 28.3 Å². The molecule has 0 bridgehead atoms. The fourth-order valence-electron chi connectivity index (χ4n) is 3.81. The van der Waals surface area contributed by atoms with Gasteiger partial charge in [0.15, 0.2) is 0 Å². The Labute approximate surface area is 248 Å². The van der Waals surface area contributed by atoms with Crippen LogP contribution in [0.5, 0.6) is 0 Å². The van der Waals surface area contributed by atoms with Gasteiger partial charge in [-0.3, -0.25) is 4.90 Å². The molecule has 0 aliphatic carbocycles. The first kappa shape index (κ1) is 30.2. The van der Waals surface area contributed by atoms with Crippen LogP contribution >= 0.6 is 0 Å². The van der Waals surface area contributed by atoms with E-state index in [9.17, 15) is 19.4 Å². The Morgan fingerprint density at radius 2 is 1.69 bits per heavy atom. The molecule has 3 rings (SSSR count). The topological polar surface area (TPSA) is 121 Å². The number of nitrogens with zero attached hydrogens (tertiary/aromatic N) is 1. The van der Waals surface area contributed by atoms with Gasteiger partial charge < -0.3 is 28.5 Å². The molecular weight excluding hydrogens is 484 g/mol. The van der Waals surface area contributed by atoms with E-state index in [4.69, 9.17) is 23.5 Å². The van der Waals surface area contributed by atoms with Gasteiger partial charge in [-0.15, -0.1) is 5.46 Å². The molecule has 0 aromatic heterocycles. The normalized spacial score (nSPS) is 23.1. The van der Waals surface area contributed by atoms with E-state index in [1.807, 2.05) is 13.8 Å². The first-order valence-electron chi connectivity index (χ1n) is 11.3. The zero-order chi connectivity index (χ0) is 25.3. The monoisotopic (exact) mass is 517 g/mol. The van der Waals surface area contributed by atoms with Gasteiger partial charge in [-0.25, -0.2) is 14.4 Å². The third kappa shape index (κ3) is 7.75. The molecule has 35 heavy (non-hydrogen) atoms. The number of methoxy groups -OCH3 is 1. The number of carbonyl (C=O) groups is 3. The smallest absolute Gasteiger partial charge is 0.555 e. The Morgan fingerprint density at radius 3 is 2.20 bits per heavy atom. The summed E-state index contributed by atoms with van der Waals surface area (Å²) in [4.78, 5) is 38.7. The molecule has 1 aromatic carbocycles. The number of amides is 1. The summed E-state index contributed by atoms with van der Waals surface area (Å²) >= 11 is 0. The Balaban J connectivity index is 0.00000432. The largest absolute Gasteiger partial charge is 1.00 e. The number of carbonyl (C=O) groups excluding carboxylic acids is 3. The van der Waals surface area contributed by atoms with Crippen molar-refractivity contribution in [3.8, 4) is 0 Å². The number of ether oxygens (including phenoxy) is 3. The van der Waals surface area contributed by atoms with Gasteiger partial charge in [0.1, 0.15) is 17.7 Å². The number of likely N-dealkylation sites (tertiary alicyclic amines) is 1. The van der Waals surface area contributed by atoms with Crippen molar-refractivity contribution < 1.29 is 94.3 Å². The van der Waals surface area contributed by atoms with Gasteiger partial charge in [0, 0.05) is 25.0 Å².